The lowest BCUT2D eigenvalue weighted by atomic mass is 10.1. The molecule has 0 unspecified atom stereocenters. The molecule has 1 aliphatic rings. The molecule has 5 nitrogen and oxygen atoms in total. The Morgan fingerprint density at radius 1 is 1.19 bits per heavy atom. The zero-order valence-electron chi connectivity index (χ0n) is 14.2. The topological polar surface area (TPSA) is 58.6 Å². The van der Waals surface area contributed by atoms with Crippen molar-refractivity contribution < 1.29 is 23.1 Å². The molecule has 1 aliphatic heterocycles. The lowest BCUT2D eigenvalue weighted by molar-refractivity contribution is -0.154. The third-order valence-corrected chi connectivity index (χ3v) is 4.22. The molecule has 2 aromatic rings. The minimum atomic E-state index is -0.857. The number of amides is 2. The van der Waals surface area contributed by atoms with Crippen LogP contribution in [-0.4, -0.2) is 36.0 Å². The van der Waals surface area contributed by atoms with Crippen molar-refractivity contribution in [1.82, 2.24) is 4.90 Å². The van der Waals surface area contributed by atoms with Gasteiger partial charge < -0.3 is 15.0 Å². The highest BCUT2D eigenvalue weighted by atomic mass is 19.1. The molecule has 3 rings (SSSR count). The summed E-state index contributed by atoms with van der Waals surface area (Å²) in [5, 5.41) is 2.65. The van der Waals surface area contributed by atoms with E-state index in [4.69, 9.17) is 4.74 Å². The molecule has 0 aliphatic carbocycles. The number of nitrogens with one attached hydrogen (secondary N) is 1. The standard InChI is InChI=1S/C19H18F2N2O3/c1-12-2-5-15(21)8-16(12)22-19(25)17-10-26-11-18(24)23(17)9-13-3-6-14(20)7-4-13/h2-8,17H,9-11H2,1H3,(H,22,25)/t17-/m0/s1. The van der Waals surface area contributed by atoms with Gasteiger partial charge in [-0.2, -0.15) is 0 Å². The van der Waals surface area contributed by atoms with E-state index in [1.165, 1.54) is 29.2 Å². The van der Waals surface area contributed by atoms with Gasteiger partial charge in [0.25, 0.3) is 0 Å². The third kappa shape index (κ3) is 4.05. The van der Waals surface area contributed by atoms with Crippen molar-refractivity contribution in [1.29, 1.82) is 0 Å². The summed E-state index contributed by atoms with van der Waals surface area (Å²) in [5.41, 5.74) is 1.74. The maximum Gasteiger partial charge on any atom is 0.249 e. The monoisotopic (exact) mass is 360 g/mol. The van der Waals surface area contributed by atoms with Crippen LogP contribution in [0.25, 0.3) is 0 Å². The van der Waals surface area contributed by atoms with Gasteiger partial charge in [-0.1, -0.05) is 18.2 Å². The van der Waals surface area contributed by atoms with Crippen LogP contribution in [0, 0.1) is 18.6 Å². The Morgan fingerprint density at radius 3 is 2.62 bits per heavy atom. The van der Waals surface area contributed by atoms with Crippen LogP contribution in [-0.2, 0) is 20.9 Å². The first kappa shape index (κ1) is 18.0. The first-order valence-electron chi connectivity index (χ1n) is 8.13. The summed E-state index contributed by atoms with van der Waals surface area (Å²) in [6, 6.07) is 8.94. The quantitative estimate of drug-likeness (QED) is 0.912. The van der Waals surface area contributed by atoms with Gasteiger partial charge in [-0.05, 0) is 42.3 Å². The second-order valence-corrected chi connectivity index (χ2v) is 6.13. The summed E-state index contributed by atoms with van der Waals surface area (Å²) >= 11 is 0. The summed E-state index contributed by atoms with van der Waals surface area (Å²) < 4.78 is 31.7. The van der Waals surface area contributed by atoms with Crippen LogP contribution < -0.4 is 5.32 Å². The van der Waals surface area contributed by atoms with Crippen molar-refractivity contribution >= 4 is 17.5 Å². The summed E-state index contributed by atoms with van der Waals surface area (Å²) in [6.45, 7) is 1.81. The van der Waals surface area contributed by atoms with Gasteiger partial charge in [0.05, 0.1) is 6.61 Å². The van der Waals surface area contributed by atoms with Crippen molar-refractivity contribution in [2.45, 2.75) is 19.5 Å². The van der Waals surface area contributed by atoms with Gasteiger partial charge in [0.1, 0.15) is 24.3 Å². The van der Waals surface area contributed by atoms with E-state index in [-0.39, 0.29) is 31.5 Å². The molecule has 26 heavy (non-hydrogen) atoms. The molecule has 0 bridgehead atoms. The highest BCUT2D eigenvalue weighted by molar-refractivity contribution is 5.98. The van der Waals surface area contributed by atoms with E-state index < -0.39 is 17.8 Å². The van der Waals surface area contributed by atoms with Crippen LogP contribution >= 0.6 is 0 Å². The van der Waals surface area contributed by atoms with E-state index in [0.717, 1.165) is 0 Å². The van der Waals surface area contributed by atoms with Gasteiger partial charge in [-0.15, -0.1) is 0 Å². The molecular formula is C19H18F2N2O3. The van der Waals surface area contributed by atoms with E-state index in [1.807, 2.05) is 0 Å². The molecule has 1 saturated heterocycles. The molecule has 7 heteroatoms. The number of morpholine rings is 1. The number of aryl methyl sites for hydroxylation is 1. The van der Waals surface area contributed by atoms with Gasteiger partial charge in [0, 0.05) is 12.2 Å². The molecule has 1 N–H and O–H groups in total. The smallest absolute Gasteiger partial charge is 0.249 e. The van der Waals surface area contributed by atoms with Crippen molar-refractivity contribution in [3.63, 3.8) is 0 Å². The summed E-state index contributed by atoms with van der Waals surface area (Å²) in [5.74, 6) is -1.64. The number of ether oxygens (including phenoxy) is 1. The molecule has 1 atom stereocenters. The largest absolute Gasteiger partial charge is 0.369 e. The van der Waals surface area contributed by atoms with Gasteiger partial charge in [0.2, 0.25) is 11.8 Å². The number of anilines is 1. The summed E-state index contributed by atoms with van der Waals surface area (Å²) in [7, 11) is 0. The van der Waals surface area contributed by atoms with Crippen LogP contribution in [0.1, 0.15) is 11.1 Å². The average molecular weight is 360 g/mol. The first-order valence-corrected chi connectivity index (χ1v) is 8.13. The molecule has 2 aromatic carbocycles. The highest BCUT2D eigenvalue weighted by Crippen LogP contribution is 2.19. The van der Waals surface area contributed by atoms with Crippen LogP contribution in [0.15, 0.2) is 42.5 Å². The van der Waals surface area contributed by atoms with E-state index >= 15 is 0 Å². The predicted octanol–water partition coefficient (Wildman–Crippen LogP) is 2.64. The molecule has 0 saturated carbocycles. The van der Waals surface area contributed by atoms with Gasteiger partial charge in [-0.3, -0.25) is 9.59 Å². The van der Waals surface area contributed by atoms with Crippen LogP contribution in [0.3, 0.4) is 0 Å². The Labute approximate surface area is 149 Å². The molecule has 1 fully saturated rings. The molecule has 0 aromatic heterocycles. The highest BCUT2D eigenvalue weighted by Gasteiger charge is 2.34. The van der Waals surface area contributed by atoms with E-state index in [0.29, 0.717) is 16.8 Å². The van der Waals surface area contributed by atoms with Gasteiger partial charge in [-0.25, -0.2) is 8.78 Å². The number of carbonyl (C=O) groups is 2. The summed E-state index contributed by atoms with van der Waals surface area (Å²) in [6.07, 6.45) is 0. The number of nitrogens with zero attached hydrogens (tertiary/aromatic N) is 1. The Bertz CT molecular complexity index is 824. The zero-order chi connectivity index (χ0) is 18.7. The lowest BCUT2D eigenvalue weighted by Crippen LogP contribution is -2.54. The third-order valence-electron chi connectivity index (χ3n) is 4.22. The molecule has 0 spiro atoms. The summed E-state index contributed by atoms with van der Waals surface area (Å²) in [4.78, 5) is 26.3. The lowest BCUT2D eigenvalue weighted by Gasteiger charge is -2.34. The fourth-order valence-electron chi connectivity index (χ4n) is 2.75. The van der Waals surface area contributed by atoms with Crippen molar-refractivity contribution in [3.8, 4) is 0 Å². The van der Waals surface area contributed by atoms with E-state index in [2.05, 4.69) is 5.32 Å². The molecule has 1 heterocycles. The Balaban J connectivity index is 1.78. The van der Waals surface area contributed by atoms with Crippen molar-refractivity contribution in [3.05, 3.63) is 65.2 Å². The van der Waals surface area contributed by atoms with Crippen molar-refractivity contribution in [2.75, 3.05) is 18.5 Å². The molecule has 2 amide bonds. The van der Waals surface area contributed by atoms with Crippen molar-refractivity contribution in [2.24, 2.45) is 0 Å². The van der Waals surface area contributed by atoms with Crippen LogP contribution in [0.2, 0.25) is 0 Å². The number of rotatable bonds is 4. The predicted molar refractivity (Wildman–Crippen MR) is 91.3 cm³/mol. The Hall–Kier alpha value is -2.80. The zero-order valence-corrected chi connectivity index (χ0v) is 14.2. The van der Waals surface area contributed by atoms with E-state index in [9.17, 15) is 18.4 Å². The van der Waals surface area contributed by atoms with Gasteiger partial charge >= 0.3 is 0 Å². The van der Waals surface area contributed by atoms with Crippen LogP contribution in [0.5, 0.6) is 0 Å². The number of hydrogen-bond donors (Lipinski definition) is 1. The van der Waals surface area contributed by atoms with Gasteiger partial charge in [0.15, 0.2) is 0 Å². The molecule has 136 valence electrons. The molecular weight excluding hydrogens is 342 g/mol. The minimum absolute atomic E-state index is 0.0349. The Morgan fingerprint density at radius 2 is 1.88 bits per heavy atom. The molecule has 0 radical (unpaired) electrons. The number of benzene rings is 2. The Kier molecular flexibility index (Phi) is 5.27. The number of carbonyl (C=O) groups excluding carboxylic acids is 2. The van der Waals surface area contributed by atoms with Crippen LogP contribution in [0.4, 0.5) is 14.5 Å². The second kappa shape index (κ2) is 7.61. The maximum atomic E-state index is 13.4. The fourth-order valence-corrected chi connectivity index (χ4v) is 2.75. The minimum Gasteiger partial charge on any atom is -0.369 e. The SMILES string of the molecule is Cc1ccc(F)cc1NC(=O)[C@@H]1COCC(=O)N1Cc1ccc(F)cc1. The number of hydrogen-bond acceptors (Lipinski definition) is 3. The fraction of sp³-hybridized carbons (Fsp3) is 0.263. The number of halogens is 2. The second-order valence-electron chi connectivity index (χ2n) is 6.13. The average Bonchev–Trinajstić information content (AvgIpc) is 2.61. The van der Waals surface area contributed by atoms with E-state index in [1.54, 1.807) is 25.1 Å². The maximum absolute atomic E-state index is 13.4. The first-order chi connectivity index (χ1) is 12.4. The normalized spacial score (nSPS) is 17.3.